The molecule has 0 aliphatic carbocycles. The third-order valence-corrected chi connectivity index (χ3v) is 5.64. The van der Waals surface area contributed by atoms with Crippen LogP contribution >= 0.6 is 23.1 Å². The van der Waals surface area contributed by atoms with E-state index in [1.54, 1.807) is 42.1 Å². The summed E-state index contributed by atoms with van der Waals surface area (Å²) in [6.07, 6.45) is 3.06. The summed E-state index contributed by atoms with van der Waals surface area (Å²) in [5, 5.41) is 11.2. The number of thioether (sulfide) groups is 1. The Hall–Kier alpha value is -2.97. The fourth-order valence-electron chi connectivity index (χ4n) is 2.21. The van der Waals surface area contributed by atoms with Crippen LogP contribution in [-0.4, -0.2) is 29.2 Å². The van der Waals surface area contributed by atoms with E-state index >= 15 is 0 Å². The lowest BCUT2D eigenvalue weighted by Gasteiger charge is -1.99. The minimum absolute atomic E-state index is 0.298. The van der Waals surface area contributed by atoms with Crippen molar-refractivity contribution in [1.29, 1.82) is 0 Å². The number of carbonyl (C=O) groups excluding carboxylic acids is 2. The number of anilines is 1. The molecule has 28 heavy (non-hydrogen) atoms. The Labute approximate surface area is 170 Å². The molecular weight excluding hydrogens is 394 g/mol. The van der Waals surface area contributed by atoms with Gasteiger partial charge in [0.25, 0.3) is 0 Å². The zero-order chi connectivity index (χ0) is 19.8. The molecule has 0 aliphatic rings. The Balaban J connectivity index is 1.51. The molecule has 0 bridgehead atoms. The minimum atomic E-state index is -0.398. The van der Waals surface area contributed by atoms with Gasteiger partial charge in [0.15, 0.2) is 4.34 Å². The fourth-order valence-corrected chi connectivity index (χ4v) is 3.92. The van der Waals surface area contributed by atoms with Crippen LogP contribution in [0.3, 0.4) is 0 Å². The lowest BCUT2D eigenvalue weighted by atomic mass is 10.1. The van der Waals surface area contributed by atoms with Crippen LogP contribution < -0.4 is 5.32 Å². The summed E-state index contributed by atoms with van der Waals surface area (Å²) in [6, 6.07) is 16.8. The van der Waals surface area contributed by atoms with E-state index in [-0.39, 0.29) is 5.91 Å². The number of aromatic nitrogens is 2. The maximum Gasteiger partial charge on any atom is 0.337 e. The molecule has 0 unspecified atom stereocenters. The van der Waals surface area contributed by atoms with Gasteiger partial charge in [-0.05, 0) is 29.3 Å². The topological polar surface area (TPSA) is 81.2 Å². The van der Waals surface area contributed by atoms with Crippen LogP contribution in [0.15, 0.2) is 65.0 Å². The Bertz CT molecular complexity index is 970. The molecule has 142 valence electrons. The normalized spacial score (nSPS) is 10.8. The number of amides is 1. The van der Waals surface area contributed by atoms with Gasteiger partial charge in [-0.25, -0.2) is 4.79 Å². The minimum Gasteiger partial charge on any atom is -0.465 e. The van der Waals surface area contributed by atoms with Crippen molar-refractivity contribution in [3.63, 3.8) is 0 Å². The summed E-state index contributed by atoms with van der Waals surface area (Å²) >= 11 is 2.91. The van der Waals surface area contributed by atoms with E-state index in [1.807, 2.05) is 18.2 Å². The molecule has 8 heteroatoms. The van der Waals surface area contributed by atoms with Gasteiger partial charge in [-0.3, -0.25) is 10.1 Å². The molecule has 0 spiro atoms. The van der Waals surface area contributed by atoms with Gasteiger partial charge in [-0.15, -0.1) is 10.2 Å². The van der Waals surface area contributed by atoms with E-state index < -0.39 is 5.97 Å². The van der Waals surface area contributed by atoms with Crippen LogP contribution in [0.1, 0.15) is 21.5 Å². The van der Waals surface area contributed by atoms with Gasteiger partial charge in [0.1, 0.15) is 0 Å². The second-order valence-corrected chi connectivity index (χ2v) is 7.78. The first-order valence-corrected chi connectivity index (χ1v) is 10.1. The number of hydrogen-bond acceptors (Lipinski definition) is 7. The van der Waals surface area contributed by atoms with Crippen LogP contribution in [0.4, 0.5) is 5.13 Å². The number of nitrogens with zero attached hydrogens (tertiary/aromatic N) is 2. The number of methoxy groups -OCH3 is 1. The van der Waals surface area contributed by atoms with E-state index in [0.717, 1.165) is 15.7 Å². The Morgan fingerprint density at radius 3 is 2.57 bits per heavy atom. The molecule has 0 radical (unpaired) electrons. The van der Waals surface area contributed by atoms with Crippen molar-refractivity contribution in [3.05, 3.63) is 77.4 Å². The number of ether oxygens (including phenoxy) is 1. The van der Waals surface area contributed by atoms with E-state index in [1.165, 1.54) is 30.1 Å². The second kappa shape index (κ2) is 9.82. The highest BCUT2D eigenvalue weighted by molar-refractivity contribution is 8.00. The third kappa shape index (κ3) is 5.77. The van der Waals surface area contributed by atoms with Crippen molar-refractivity contribution in [2.45, 2.75) is 10.1 Å². The Morgan fingerprint density at radius 2 is 1.86 bits per heavy atom. The summed E-state index contributed by atoms with van der Waals surface area (Å²) in [5.74, 6) is 0.100. The smallest absolute Gasteiger partial charge is 0.337 e. The molecule has 1 N–H and O–H groups in total. The van der Waals surface area contributed by atoms with Gasteiger partial charge >= 0.3 is 5.97 Å². The van der Waals surface area contributed by atoms with Gasteiger partial charge in [-0.2, -0.15) is 0 Å². The molecule has 0 saturated carbocycles. The largest absolute Gasteiger partial charge is 0.465 e. The summed E-state index contributed by atoms with van der Waals surface area (Å²) in [7, 11) is 1.33. The first-order chi connectivity index (χ1) is 13.6. The number of esters is 1. The molecule has 1 aromatic heterocycles. The van der Waals surface area contributed by atoms with Crippen LogP contribution in [-0.2, 0) is 15.3 Å². The highest BCUT2D eigenvalue weighted by Gasteiger charge is 2.07. The summed E-state index contributed by atoms with van der Waals surface area (Å²) in [5.41, 5.74) is 2.45. The van der Waals surface area contributed by atoms with Crippen LogP contribution in [0.2, 0.25) is 0 Å². The average molecular weight is 412 g/mol. The maximum absolute atomic E-state index is 12.1. The zero-order valence-corrected chi connectivity index (χ0v) is 16.6. The highest BCUT2D eigenvalue weighted by atomic mass is 32.2. The Kier molecular flexibility index (Phi) is 6.94. The first-order valence-electron chi connectivity index (χ1n) is 8.32. The lowest BCUT2D eigenvalue weighted by Crippen LogP contribution is -2.07. The van der Waals surface area contributed by atoms with Crippen LogP contribution in [0.5, 0.6) is 0 Å². The van der Waals surface area contributed by atoms with Gasteiger partial charge < -0.3 is 4.74 Å². The van der Waals surface area contributed by atoms with Crippen LogP contribution in [0.25, 0.3) is 6.08 Å². The fraction of sp³-hybridized carbons (Fsp3) is 0.100. The van der Waals surface area contributed by atoms with Crippen molar-refractivity contribution in [3.8, 4) is 0 Å². The van der Waals surface area contributed by atoms with E-state index in [0.29, 0.717) is 10.7 Å². The van der Waals surface area contributed by atoms with Gasteiger partial charge in [0, 0.05) is 11.8 Å². The third-order valence-electron chi connectivity index (χ3n) is 3.60. The molecule has 3 aromatic rings. The Morgan fingerprint density at radius 1 is 1.11 bits per heavy atom. The van der Waals surface area contributed by atoms with Crippen LogP contribution in [0, 0.1) is 0 Å². The predicted octanol–water partition coefficient (Wildman–Crippen LogP) is 4.27. The number of hydrogen-bond donors (Lipinski definition) is 1. The number of rotatable bonds is 7. The first kappa shape index (κ1) is 19.8. The lowest BCUT2D eigenvalue weighted by molar-refractivity contribution is -0.111. The van der Waals surface area contributed by atoms with Crippen molar-refractivity contribution >= 4 is 46.2 Å². The predicted molar refractivity (Wildman–Crippen MR) is 111 cm³/mol. The van der Waals surface area contributed by atoms with Gasteiger partial charge in [-0.1, -0.05) is 65.6 Å². The quantitative estimate of drug-likeness (QED) is 0.271. The molecule has 3 rings (SSSR count). The maximum atomic E-state index is 12.1. The molecular formula is C20H17N3O3S2. The number of nitrogens with one attached hydrogen (secondary N) is 1. The van der Waals surface area contributed by atoms with Crippen molar-refractivity contribution in [2.24, 2.45) is 0 Å². The number of carbonyl (C=O) groups is 2. The second-order valence-electron chi connectivity index (χ2n) is 5.58. The standard InChI is InChI=1S/C20H17N3O3S2/c1-26-18(25)16-10-7-14(8-11-16)9-12-17(24)21-19-22-23-20(28-19)27-13-15-5-3-2-4-6-15/h2-12H,13H2,1H3,(H,21,22,24)/b12-9+. The summed E-state index contributed by atoms with van der Waals surface area (Å²) < 4.78 is 5.44. The number of benzene rings is 2. The SMILES string of the molecule is COC(=O)c1ccc(/C=C/C(=O)Nc2nnc(SCc3ccccc3)s2)cc1. The van der Waals surface area contributed by atoms with Crippen molar-refractivity contribution in [2.75, 3.05) is 12.4 Å². The van der Waals surface area contributed by atoms with E-state index in [2.05, 4.69) is 32.4 Å². The van der Waals surface area contributed by atoms with Crippen molar-refractivity contribution < 1.29 is 14.3 Å². The molecule has 0 saturated heterocycles. The monoisotopic (exact) mass is 411 g/mol. The van der Waals surface area contributed by atoms with Crippen molar-refractivity contribution in [1.82, 2.24) is 10.2 Å². The molecule has 0 fully saturated rings. The average Bonchev–Trinajstić information content (AvgIpc) is 3.18. The molecule has 0 atom stereocenters. The summed E-state index contributed by atoms with van der Waals surface area (Å²) in [4.78, 5) is 23.5. The van der Waals surface area contributed by atoms with Gasteiger partial charge in [0.2, 0.25) is 11.0 Å². The molecule has 0 aliphatic heterocycles. The molecule has 2 aromatic carbocycles. The molecule has 6 nitrogen and oxygen atoms in total. The highest BCUT2D eigenvalue weighted by Crippen LogP contribution is 2.28. The molecule has 1 amide bonds. The zero-order valence-electron chi connectivity index (χ0n) is 15.0. The van der Waals surface area contributed by atoms with E-state index in [4.69, 9.17) is 0 Å². The summed E-state index contributed by atoms with van der Waals surface area (Å²) in [6.45, 7) is 0. The molecule has 1 heterocycles. The van der Waals surface area contributed by atoms with Gasteiger partial charge in [0.05, 0.1) is 12.7 Å². The van der Waals surface area contributed by atoms with E-state index in [9.17, 15) is 9.59 Å².